The van der Waals surface area contributed by atoms with Crippen molar-refractivity contribution in [2.45, 2.75) is 20.0 Å². The number of benzene rings is 1. The van der Waals surface area contributed by atoms with Gasteiger partial charge in [0.2, 0.25) is 5.71 Å². The molecule has 25 heavy (non-hydrogen) atoms. The van der Waals surface area contributed by atoms with Gasteiger partial charge in [-0.25, -0.2) is 4.98 Å². The van der Waals surface area contributed by atoms with Gasteiger partial charge in [-0.3, -0.25) is 0 Å². The van der Waals surface area contributed by atoms with Gasteiger partial charge in [0, 0.05) is 24.0 Å². The number of hydrogen-bond donors (Lipinski definition) is 0. The summed E-state index contributed by atoms with van der Waals surface area (Å²) in [6, 6.07) is 12.2. The number of furan rings is 1. The molecule has 1 aliphatic heterocycles. The van der Waals surface area contributed by atoms with Crippen LogP contribution in [-0.2, 0) is 0 Å². The van der Waals surface area contributed by atoms with Crippen LogP contribution in [0.5, 0.6) is 0 Å². The molecule has 3 heterocycles. The van der Waals surface area contributed by atoms with Crippen LogP contribution >= 0.6 is 0 Å². The molecule has 0 saturated heterocycles. The van der Waals surface area contributed by atoms with Gasteiger partial charge in [0.05, 0.1) is 5.69 Å². The van der Waals surface area contributed by atoms with Crippen molar-refractivity contribution in [1.29, 1.82) is 10.5 Å². The van der Waals surface area contributed by atoms with Crippen LogP contribution in [0.15, 0.2) is 46.3 Å². The van der Waals surface area contributed by atoms with E-state index in [9.17, 15) is 10.5 Å². The van der Waals surface area contributed by atoms with E-state index >= 15 is 0 Å². The molecule has 1 aromatic carbocycles. The quantitative estimate of drug-likeness (QED) is 0.678. The second-order valence-electron chi connectivity index (χ2n) is 6.10. The van der Waals surface area contributed by atoms with Crippen LogP contribution in [0.3, 0.4) is 0 Å². The summed E-state index contributed by atoms with van der Waals surface area (Å²) in [5, 5.41) is 21.0. The molecule has 6 heteroatoms. The smallest absolute Gasteiger partial charge is 0.227 e. The fraction of sp³-hybridized carbons (Fsp3) is 0.211. The number of fused-ring (bicyclic) bond motifs is 3. The zero-order valence-electron chi connectivity index (χ0n) is 14.1. The van der Waals surface area contributed by atoms with Gasteiger partial charge < -0.3 is 14.2 Å². The standard InChI is InChI=1S/C19H15N5O/c1-11-6-7-13-14-5-4-8-22-19(14)25-18(13)17(11)24-12(2)23(3)15(9-20)16(24)10-21/h4-8,12H,1-3H3/t12-/m0/s1. The number of allylic oxidation sites excluding steroid dienone is 2. The van der Waals surface area contributed by atoms with Crippen molar-refractivity contribution in [2.75, 3.05) is 11.9 Å². The van der Waals surface area contributed by atoms with E-state index in [2.05, 4.69) is 17.1 Å². The number of nitrogens with zero attached hydrogens (tertiary/aromatic N) is 5. The van der Waals surface area contributed by atoms with Crippen molar-refractivity contribution in [3.8, 4) is 12.1 Å². The fourth-order valence-corrected chi connectivity index (χ4v) is 3.42. The maximum Gasteiger partial charge on any atom is 0.227 e. The van der Waals surface area contributed by atoms with Crippen molar-refractivity contribution < 1.29 is 4.42 Å². The van der Waals surface area contributed by atoms with E-state index in [0.717, 1.165) is 22.0 Å². The molecule has 0 saturated carbocycles. The van der Waals surface area contributed by atoms with Crippen LogP contribution in [0.1, 0.15) is 12.5 Å². The van der Waals surface area contributed by atoms with E-state index in [1.54, 1.807) is 11.1 Å². The molecule has 0 spiro atoms. The van der Waals surface area contributed by atoms with E-state index in [4.69, 9.17) is 4.42 Å². The first-order chi connectivity index (χ1) is 12.1. The lowest BCUT2D eigenvalue weighted by Gasteiger charge is -2.29. The molecule has 1 atom stereocenters. The van der Waals surface area contributed by atoms with Crippen LogP contribution < -0.4 is 4.90 Å². The van der Waals surface area contributed by atoms with E-state index in [1.165, 1.54) is 0 Å². The van der Waals surface area contributed by atoms with Gasteiger partial charge in [0.25, 0.3) is 0 Å². The molecule has 3 aromatic rings. The van der Waals surface area contributed by atoms with Gasteiger partial charge in [-0.05, 0) is 31.5 Å². The second kappa shape index (κ2) is 5.25. The fourth-order valence-electron chi connectivity index (χ4n) is 3.42. The molecule has 0 aliphatic carbocycles. The molecular weight excluding hydrogens is 314 g/mol. The first-order valence-electron chi connectivity index (χ1n) is 7.92. The van der Waals surface area contributed by atoms with Crippen molar-refractivity contribution in [3.63, 3.8) is 0 Å². The van der Waals surface area contributed by atoms with Crippen molar-refractivity contribution in [1.82, 2.24) is 9.88 Å². The second-order valence-corrected chi connectivity index (χ2v) is 6.10. The molecule has 0 amide bonds. The predicted octanol–water partition coefficient (Wildman–Crippen LogP) is 3.65. The first-order valence-corrected chi connectivity index (χ1v) is 7.92. The average molecular weight is 329 g/mol. The van der Waals surface area contributed by atoms with Crippen molar-refractivity contribution >= 4 is 27.8 Å². The number of anilines is 1. The highest BCUT2D eigenvalue weighted by Crippen LogP contribution is 2.41. The van der Waals surface area contributed by atoms with Crippen molar-refractivity contribution in [2.24, 2.45) is 0 Å². The Morgan fingerprint density at radius 1 is 1.12 bits per heavy atom. The van der Waals surface area contributed by atoms with Gasteiger partial charge in [-0.1, -0.05) is 12.1 Å². The molecule has 0 radical (unpaired) electrons. The summed E-state index contributed by atoms with van der Waals surface area (Å²) in [6.07, 6.45) is 1.52. The maximum atomic E-state index is 9.67. The Labute approximate surface area is 144 Å². The maximum absolute atomic E-state index is 9.67. The lowest BCUT2D eigenvalue weighted by atomic mass is 10.1. The number of pyridine rings is 1. The highest BCUT2D eigenvalue weighted by molar-refractivity contribution is 6.09. The lowest BCUT2D eigenvalue weighted by Crippen LogP contribution is -2.36. The minimum atomic E-state index is -0.172. The molecule has 0 fully saturated rings. The third-order valence-electron chi connectivity index (χ3n) is 4.80. The number of nitriles is 2. The molecule has 4 rings (SSSR count). The summed E-state index contributed by atoms with van der Waals surface area (Å²) < 4.78 is 6.04. The van der Waals surface area contributed by atoms with Gasteiger partial charge in [0.15, 0.2) is 17.0 Å². The molecule has 0 bridgehead atoms. The zero-order chi connectivity index (χ0) is 17.7. The average Bonchev–Trinajstić information content (AvgIpc) is 3.11. The van der Waals surface area contributed by atoms with Gasteiger partial charge in [-0.2, -0.15) is 10.5 Å². The molecule has 1 aliphatic rings. The van der Waals surface area contributed by atoms with Crippen LogP contribution in [-0.4, -0.2) is 23.1 Å². The van der Waals surface area contributed by atoms with E-state index in [-0.39, 0.29) is 6.17 Å². The van der Waals surface area contributed by atoms with Crippen molar-refractivity contribution in [3.05, 3.63) is 47.4 Å². The number of rotatable bonds is 1. The Morgan fingerprint density at radius 3 is 2.60 bits per heavy atom. The summed E-state index contributed by atoms with van der Waals surface area (Å²) >= 11 is 0. The van der Waals surface area contributed by atoms with E-state index in [0.29, 0.717) is 22.7 Å². The number of hydrogen-bond acceptors (Lipinski definition) is 6. The summed E-state index contributed by atoms with van der Waals surface area (Å²) in [6.45, 7) is 3.93. The van der Waals surface area contributed by atoms with Crippen LogP contribution in [0.25, 0.3) is 22.1 Å². The monoisotopic (exact) mass is 329 g/mol. The summed E-state index contributed by atoms with van der Waals surface area (Å²) in [5.41, 5.74) is 3.71. The minimum absolute atomic E-state index is 0.172. The largest absolute Gasteiger partial charge is 0.435 e. The molecule has 6 nitrogen and oxygen atoms in total. The molecule has 0 N–H and O–H groups in total. The van der Waals surface area contributed by atoms with Gasteiger partial charge in [0.1, 0.15) is 18.3 Å². The Morgan fingerprint density at radius 2 is 1.88 bits per heavy atom. The van der Waals surface area contributed by atoms with Crippen LogP contribution in [0.2, 0.25) is 0 Å². The lowest BCUT2D eigenvalue weighted by molar-refractivity contribution is 0.367. The van der Waals surface area contributed by atoms with Crippen LogP contribution in [0.4, 0.5) is 5.69 Å². The minimum Gasteiger partial charge on any atom is -0.435 e. The highest BCUT2D eigenvalue weighted by atomic mass is 16.3. The summed E-state index contributed by atoms with van der Waals surface area (Å²) in [7, 11) is 1.82. The topological polar surface area (TPSA) is 80.1 Å². The van der Waals surface area contributed by atoms with E-state index in [1.807, 2.05) is 50.1 Å². The Hall–Kier alpha value is -3.51. The van der Waals surface area contributed by atoms with E-state index < -0.39 is 0 Å². The predicted molar refractivity (Wildman–Crippen MR) is 94.2 cm³/mol. The SMILES string of the molecule is Cc1ccc2c(oc3ncccc32)c1N1C(C#N)=C(C#N)N(C)[C@@H]1C. The Balaban J connectivity index is 2.08. The number of aryl methyl sites for hydroxylation is 1. The first kappa shape index (κ1) is 15.0. The third kappa shape index (κ3) is 1.91. The van der Waals surface area contributed by atoms with Gasteiger partial charge in [-0.15, -0.1) is 0 Å². The highest BCUT2D eigenvalue weighted by Gasteiger charge is 2.37. The van der Waals surface area contributed by atoms with Gasteiger partial charge >= 0.3 is 0 Å². The number of aromatic nitrogens is 1. The molecule has 0 unspecified atom stereocenters. The third-order valence-corrected chi connectivity index (χ3v) is 4.80. The zero-order valence-corrected chi connectivity index (χ0v) is 14.1. The Kier molecular flexibility index (Phi) is 3.16. The molecular formula is C19H15N5O. The summed E-state index contributed by atoms with van der Waals surface area (Å²) in [5.74, 6) is 0. The summed E-state index contributed by atoms with van der Waals surface area (Å²) in [4.78, 5) is 7.97. The van der Waals surface area contributed by atoms with Crippen LogP contribution in [0, 0.1) is 29.6 Å². The Bertz CT molecular complexity index is 1130. The molecule has 2 aromatic heterocycles. The normalized spacial score (nSPS) is 17.4. The molecule has 122 valence electrons.